The van der Waals surface area contributed by atoms with E-state index in [-0.39, 0.29) is 29.7 Å². The third-order valence-electron chi connectivity index (χ3n) is 6.94. The number of amides is 3. The summed E-state index contributed by atoms with van der Waals surface area (Å²) in [5.74, 6) is -0.726. The van der Waals surface area contributed by atoms with E-state index >= 15 is 0 Å². The molecule has 0 radical (unpaired) electrons. The summed E-state index contributed by atoms with van der Waals surface area (Å²) < 4.78 is 0. The highest BCUT2D eigenvalue weighted by molar-refractivity contribution is 6.05. The van der Waals surface area contributed by atoms with Crippen LogP contribution in [0.15, 0.2) is 18.2 Å². The number of rotatable bonds is 2. The van der Waals surface area contributed by atoms with Crippen LogP contribution in [-0.4, -0.2) is 64.3 Å². The lowest BCUT2D eigenvalue weighted by Gasteiger charge is -2.42. The van der Waals surface area contributed by atoms with E-state index in [1.54, 1.807) is 4.90 Å². The molecule has 1 N–H and O–H groups in total. The molecule has 0 saturated carbocycles. The minimum atomic E-state index is -0.556. The summed E-state index contributed by atoms with van der Waals surface area (Å²) >= 11 is 0. The predicted octanol–water partition coefficient (Wildman–Crippen LogP) is 1.51. The smallest absolute Gasteiger partial charge is 0.255 e. The lowest BCUT2D eigenvalue weighted by Crippen LogP contribution is -2.53. The molecule has 1 aromatic carbocycles. The first kappa shape index (κ1) is 18.6. The number of benzene rings is 1. The molecule has 4 aliphatic heterocycles. The summed E-state index contributed by atoms with van der Waals surface area (Å²) in [7, 11) is 0. The van der Waals surface area contributed by atoms with Gasteiger partial charge in [0.25, 0.3) is 5.91 Å². The van der Waals surface area contributed by atoms with E-state index in [0.717, 1.165) is 18.7 Å². The third-order valence-corrected chi connectivity index (χ3v) is 6.94. The zero-order chi connectivity index (χ0) is 20.5. The molecular formula is C22H28N4O3. The van der Waals surface area contributed by atoms with Gasteiger partial charge in [-0.15, -0.1) is 0 Å². The Morgan fingerprint density at radius 2 is 1.83 bits per heavy atom. The molecule has 5 rings (SSSR count). The monoisotopic (exact) mass is 396 g/mol. The topological polar surface area (TPSA) is 73.0 Å². The van der Waals surface area contributed by atoms with Gasteiger partial charge in [-0.3, -0.25) is 24.6 Å². The third kappa shape index (κ3) is 2.94. The molecule has 2 bridgehead atoms. The van der Waals surface area contributed by atoms with E-state index < -0.39 is 6.04 Å². The van der Waals surface area contributed by atoms with Crippen molar-refractivity contribution in [1.29, 1.82) is 0 Å². The molecule has 0 unspecified atom stereocenters. The summed E-state index contributed by atoms with van der Waals surface area (Å²) in [6.45, 7) is 9.37. The molecule has 7 heteroatoms. The van der Waals surface area contributed by atoms with Crippen LogP contribution in [-0.2, 0) is 16.1 Å². The molecule has 4 aliphatic rings. The van der Waals surface area contributed by atoms with Crippen LogP contribution in [0.2, 0.25) is 0 Å². The van der Waals surface area contributed by atoms with Gasteiger partial charge in [0.2, 0.25) is 11.8 Å². The fourth-order valence-corrected chi connectivity index (χ4v) is 5.54. The van der Waals surface area contributed by atoms with Crippen LogP contribution in [0, 0.1) is 0 Å². The fourth-order valence-electron chi connectivity index (χ4n) is 5.54. The Balaban J connectivity index is 1.34. The largest absolute Gasteiger partial charge is 0.366 e. The molecule has 0 spiro atoms. The van der Waals surface area contributed by atoms with Crippen molar-refractivity contribution in [3.8, 4) is 0 Å². The Kier molecular flexibility index (Phi) is 4.04. The summed E-state index contributed by atoms with van der Waals surface area (Å²) in [4.78, 5) is 43.2. The molecule has 3 fully saturated rings. The number of likely N-dealkylation sites (tertiary alicyclic amines) is 1. The number of carbonyl (C=O) groups is 3. The second kappa shape index (κ2) is 6.29. The summed E-state index contributed by atoms with van der Waals surface area (Å²) in [5.41, 5.74) is 3.02. The number of nitrogens with zero attached hydrogens (tertiary/aromatic N) is 3. The fraction of sp³-hybridized carbons (Fsp3) is 0.591. The number of hydrogen-bond donors (Lipinski definition) is 1. The highest BCUT2D eigenvalue weighted by Gasteiger charge is 2.47. The number of imide groups is 1. The Labute approximate surface area is 171 Å². The zero-order valence-corrected chi connectivity index (χ0v) is 17.3. The van der Waals surface area contributed by atoms with Crippen LogP contribution < -0.4 is 10.2 Å². The lowest BCUT2D eigenvalue weighted by atomic mass is 10.0. The normalized spacial score (nSPS) is 29.6. The molecule has 1 aromatic rings. The van der Waals surface area contributed by atoms with E-state index in [1.807, 2.05) is 12.1 Å². The molecular weight excluding hydrogens is 368 g/mol. The highest BCUT2D eigenvalue weighted by Crippen LogP contribution is 2.39. The van der Waals surface area contributed by atoms with Crippen LogP contribution >= 0.6 is 0 Å². The Hall–Kier alpha value is -2.41. The van der Waals surface area contributed by atoms with Gasteiger partial charge in [-0.25, -0.2) is 0 Å². The average Bonchev–Trinajstić information content (AvgIpc) is 3.34. The molecule has 3 atom stereocenters. The number of piperazine rings is 1. The Morgan fingerprint density at radius 3 is 2.48 bits per heavy atom. The predicted molar refractivity (Wildman–Crippen MR) is 108 cm³/mol. The van der Waals surface area contributed by atoms with E-state index in [0.29, 0.717) is 30.6 Å². The van der Waals surface area contributed by atoms with Crippen LogP contribution in [0.5, 0.6) is 0 Å². The molecule has 0 aliphatic carbocycles. The lowest BCUT2D eigenvalue weighted by molar-refractivity contribution is -0.136. The van der Waals surface area contributed by atoms with Gasteiger partial charge in [0.1, 0.15) is 6.04 Å². The first-order valence-electron chi connectivity index (χ1n) is 10.5. The number of hydrogen-bond acceptors (Lipinski definition) is 5. The van der Waals surface area contributed by atoms with Gasteiger partial charge in [-0.05, 0) is 57.4 Å². The number of carbonyl (C=O) groups excluding carboxylic acids is 3. The zero-order valence-electron chi connectivity index (χ0n) is 17.3. The average molecular weight is 396 g/mol. The van der Waals surface area contributed by atoms with Crippen molar-refractivity contribution < 1.29 is 14.4 Å². The molecule has 3 saturated heterocycles. The summed E-state index contributed by atoms with van der Waals surface area (Å²) in [6.07, 6.45) is 1.87. The molecule has 7 nitrogen and oxygen atoms in total. The maximum atomic E-state index is 12.9. The van der Waals surface area contributed by atoms with E-state index in [4.69, 9.17) is 0 Å². The van der Waals surface area contributed by atoms with Crippen molar-refractivity contribution in [2.24, 2.45) is 0 Å². The van der Waals surface area contributed by atoms with Crippen LogP contribution in [0.4, 0.5) is 5.69 Å². The molecule has 3 amide bonds. The quantitative estimate of drug-likeness (QED) is 0.768. The van der Waals surface area contributed by atoms with E-state index in [9.17, 15) is 14.4 Å². The van der Waals surface area contributed by atoms with E-state index in [2.05, 4.69) is 42.0 Å². The molecule has 4 heterocycles. The first-order valence-corrected chi connectivity index (χ1v) is 10.5. The van der Waals surface area contributed by atoms with Gasteiger partial charge in [0.15, 0.2) is 0 Å². The molecule has 154 valence electrons. The Morgan fingerprint density at radius 1 is 1.03 bits per heavy atom. The first-order chi connectivity index (χ1) is 13.7. The van der Waals surface area contributed by atoms with Crippen molar-refractivity contribution >= 4 is 23.4 Å². The van der Waals surface area contributed by atoms with Gasteiger partial charge in [-0.1, -0.05) is 0 Å². The van der Waals surface area contributed by atoms with Gasteiger partial charge in [0, 0.05) is 54.9 Å². The SMILES string of the molecule is CC(C)(C)N1C[C@@H]2C[C@H]1CN2c1ccc2c(c1)CN([C@@H]1CCC(=O)NC1=O)C2=O. The number of nitrogens with one attached hydrogen (secondary N) is 1. The maximum absolute atomic E-state index is 12.9. The number of piperidine rings is 1. The van der Waals surface area contributed by atoms with Crippen molar-refractivity contribution in [1.82, 2.24) is 15.1 Å². The minimum absolute atomic E-state index is 0.108. The Bertz CT molecular complexity index is 906. The van der Waals surface area contributed by atoms with Crippen molar-refractivity contribution in [3.05, 3.63) is 29.3 Å². The number of fused-ring (bicyclic) bond motifs is 3. The number of anilines is 1. The minimum Gasteiger partial charge on any atom is -0.366 e. The second-order valence-electron chi connectivity index (χ2n) is 9.76. The van der Waals surface area contributed by atoms with Gasteiger partial charge in [0.05, 0.1) is 0 Å². The van der Waals surface area contributed by atoms with Crippen molar-refractivity contribution in [2.45, 2.75) is 70.2 Å². The van der Waals surface area contributed by atoms with Gasteiger partial charge in [-0.2, -0.15) is 0 Å². The van der Waals surface area contributed by atoms with Crippen molar-refractivity contribution in [3.63, 3.8) is 0 Å². The second-order valence-corrected chi connectivity index (χ2v) is 9.76. The van der Waals surface area contributed by atoms with Crippen LogP contribution in [0.3, 0.4) is 0 Å². The summed E-state index contributed by atoms with van der Waals surface area (Å²) in [5, 5.41) is 2.36. The summed E-state index contributed by atoms with van der Waals surface area (Å²) in [6, 6.07) is 6.62. The van der Waals surface area contributed by atoms with Gasteiger partial charge >= 0.3 is 0 Å². The standard InChI is InChI=1S/C22H28N4O3/c1-22(2,3)26-12-15-9-16(26)11-24(15)14-4-5-17-13(8-14)10-25(21(17)29)18-6-7-19(27)23-20(18)28/h4-5,8,15-16,18H,6-7,9-12H2,1-3H3,(H,23,27,28)/t15-,16-,18+/m0/s1. The van der Waals surface area contributed by atoms with Gasteiger partial charge < -0.3 is 9.80 Å². The maximum Gasteiger partial charge on any atom is 0.255 e. The van der Waals surface area contributed by atoms with Crippen LogP contribution in [0.25, 0.3) is 0 Å². The van der Waals surface area contributed by atoms with Crippen LogP contribution in [0.1, 0.15) is 56.0 Å². The van der Waals surface area contributed by atoms with Crippen molar-refractivity contribution in [2.75, 3.05) is 18.0 Å². The van der Waals surface area contributed by atoms with E-state index in [1.165, 1.54) is 12.1 Å². The molecule has 29 heavy (non-hydrogen) atoms. The molecule has 0 aromatic heterocycles. The highest BCUT2D eigenvalue weighted by atomic mass is 16.2.